The first-order valence-electron chi connectivity index (χ1n) is 5.82. The molecule has 1 aromatic carbocycles. The molecule has 0 bridgehead atoms. The van der Waals surface area contributed by atoms with E-state index in [1.165, 1.54) is 5.56 Å². The Morgan fingerprint density at radius 3 is 2.38 bits per heavy atom. The standard InChI is InChI=1S/C15H20O/c1-12(2)15(11-13(3)16)10-9-14-7-5-4-6-8-14/h4-10,12,15H,11H2,1-3H3/b10-9+. The summed E-state index contributed by atoms with van der Waals surface area (Å²) in [6, 6.07) is 10.2. The highest BCUT2D eigenvalue weighted by Gasteiger charge is 2.11. The fourth-order valence-corrected chi connectivity index (χ4v) is 1.66. The van der Waals surface area contributed by atoms with Gasteiger partial charge in [0, 0.05) is 6.42 Å². The third-order valence-electron chi connectivity index (χ3n) is 2.71. The molecule has 1 aromatic rings. The van der Waals surface area contributed by atoms with Crippen LogP contribution < -0.4 is 0 Å². The van der Waals surface area contributed by atoms with Gasteiger partial charge in [0.05, 0.1) is 0 Å². The van der Waals surface area contributed by atoms with E-state index >= 15 is 0 Å². The van der Waals surface area contributed by atoms with Gasteiger partial charge in [-0.15, -0.1) is 0 Å². The van der Waals surface area contributed by atoms with E-state index in [0.29, 0.717) is 18.3 Å². The summed E-state index contributed by atoms with van der Waals surface area (Å²) >= 11 is 0. The van der Waals surface area contributed by atoms with Crippen molar-refractivity contribution in [2.45, 2.75) is 27.2 Å². The lowest BCUT2D eigenvalue weighted by molar-refractivity contribution is -0.117. The molecule has 0 spiro atoms. The maximum absolute atomic E-state index is 11.1. The minimum Gasteiger partial charge on any atom is -0.300 e. The van der Waals surface area contributed by atoms with Gasteiger partial charge in [-0.2, -0.15) is 0 Å². The Morgan fingerprint density at radius 2 is 1.88 bits per heavy atom. The largest absolute Gasteiger partial charge is 0.300 e. The Hall–Kier alpha value is -1.37. The second-order valence-electron chi connectivity index (χ2n) is 4.58. The van der Waals surface area contributed by atoms with Gasteiger partial charge in [0.15, 0.2) is 0 Å². The number of carbonyl (C=O) groups is 1. The van der Waals surface area contributed by atoms with Crippen molar-refractivity contribution in [1.82, 2.24) is 0 Å². The van der Waals surface area contributed by atoms with Crippen LogP contribution in [-0.2, 0) is 4.79 Å². The molecule has 1 rings (SSSR count). The van der Waals surface area contributed by atoms with Gasteiger partial charge in [-0.1, -0.05) is 56.3 Å². The van der Waals surface area contributed by atoms with Gasteiger partial charge in [0.25, 0.3) is 0 Å². The third kappa shape index (κ3) is 4.43. The van der Waals surface area contributed by atoms with Crippen molar-refractivity contribution in [2.24, 2.45) is 11.8 Å². The summed E-state index contributed by atoms with van der Waals surface area (Å²) in [4.78, 5) is 11.1. The molecule has 0 radical (unpaired) electrons. The molecule has 0 N–H and O–H groups in total. The highest BCUT2D eigenvalue weighted by Crippen LogP contribution is 2.18. The second-order valence-corrected chi connectivity index (χ2v) is 4.58. The molecule has 1 atom stereocenters. The third-order valence-corrected chi connectivity index (χ3v) is 2.71. The highest BCUT2D eigenvalue weighted by molar-refractivity contribution is 5.76. The van der Waals surface area contributed by atoms with Crippen LogP contribution in [-0.4, -0.2) is 5.78 Å². The number of hydrogen-bond acceptors (Lipinski definition) is 1. The molecule has 0 amide bonds. The lowest BCUT2D eigenvalue weighted by Crippen LogP contribution is -2.09. The molecule has 0 saturated heterocycles. The summed E-state index contributed by atoms with van der Waals surface area (Å²) in [7, 11) is 0. The summed E-state index contributed by atoms with van der Waals surface area (Å²) < 4.78 is 0. The van der Waals surface area contributed by atoms with Crippen molar-refractivity contribution in [3.8, 4) is 0 Å². The monoisotopic (exact) mass is 216 g/mol. The molecule has 1 nitrogen and oxygen atoms in total. The summed E-state index contributed by atoms with van der Waals surface area (Å²) in [6.07, 6.45) is 4.90. The number of hydrogen-bond donors (Lipinski definition) is 0. The zero-order chi connectivity index (χ0) is 12.0. The number of benzene rings is 1. The van der Waals surface area contributed by atoms with Crippen LogP contribution in [0.3, 0.4) is 0 Å². The van der Waals surface area contributed by atoms with Crippen molar-refractivity contribution in [3.63, 3.8) is 0 Å². The molecule has 0 aliphatic carbocycles. The van der Waals surface area contributed by atoms with Crippen LogP contribution in [0.5, 0.6) is 0 Å². The van der Waals surface area contributed by atoms with Crippen LogP contribution >= 0.6 is 0 Å². The average molecular weight is 216 g/mol. The highest BCUT2D eigenvalue weighted by atomic mass is 16.1. The molecule has 0 heterocycles. The second kappa shape index (κ2) is 6.26. The van der Waals surface area contributed by atoms with E-state index in [4.69, 9.17) is 0 Å². The minimum absolute atomic E-state index is 0.261. The zero-order valence-corrected chi connectivity index (χ0v) is 10.3. The summed E-state index contributed by atoms with van der Waals surface area (Å²) in [5.74, 6) is 1.11. The number of rotatable bonds is 5. The van der Waals surface area contributed by atoms with E-state index in [-0.39, 0.29) is 5.78 Å². The van der Waals surface area contributed by atoms with Gasteiger partial charge in [0.2, 0.25) is 0 Å². The lowest BCUT2D eigenvalue weighted by atomic mass is 9.90. The van der Waals surface area contributed by atoms with Gasteiger partial charge in [-0.25, -0.2) is 0 Å². The first-order valence-corrected chi connectivity index (χ1v) is 5.82. The van der Waals surface area contributed by atoms with Gasteiger partial charge in [-0.05, 0) is 24.3 Å². The fraction of sp³-hybridized carbons (Fsp3) is 0.400. The van der Waals surface area contributed by atoms with Gasteiger partial charge < -0.3 is 4.79 Å². The van der Waals surface area contributed by atoms with Crippen molar-refractivity contribution < 1.29 is 4.79 Å². The van der Waals surface area contributed by atoms with Crippen molar-refractivity contribution in [3.05, 3.63) is 42.0 Å². The van der Waals surface area contributed by atoms with E-state index in [0.717, 1.165) is 0 Å². The van der Waals surface area contributed by atoms with Crippen molar-refractivity contribution in [2.75, 3.05) is 0 Å². The van der Waals surface area contributed by atoms with Gasteiger partial charge in [0.1, 0.15) is 5.78 Å². The molecule has 0 aromatic heterocycles. The maximum atomic E-state index is 11.1. The quantitative estimate of drug-likeness (QED) is 0.728. The molecule has 0 fully saturated rings. The van der Waals surface area contributed by atoms with Crippen LogP contribution in [0.2, 0.25) is 0 Å². The normalized spacial score (nSPS) is 13.2. The van der Waals surface area contributed by atoms with Crippen LogP contribution in [0.15, 0.2) is 36.4 Å². The first-order chi connectivity index (χ1) is 7.59. The smallest absolute Gasteiger partial charge is 0.130 e. The van der Waals surface area contributed by atoms with Crippen LogP contribution in [0, 0.1) is 11.8 Å². The molecule has 86 valence electrons. The van der Waals surface area contributed by atoms with Gasteiger partial charge >= 0.3 is 0 Å². The molecular weight excluding hydrogens is 196 g/mol. The van der Waals surface area contributed by atoms with Crippen LogP contribution in [0.1, 0.15) is 32.8 Å². The SMILES string of the molecule is CC(=O)CC(/C=C/c1ccccc1)C(C)C. The summed E-state index contributed by atoms with van der Waals surface area (Å²) in [5, 5.41) is 0. The van der Waals surface area contributed by atoms with E-state index in [1.807, 2.05) is 18.2 Å². The molecule has 1 unspecified atom stereocenters. The number of allylic oxidation sites excluding steroid dienone is 1. The van der Waals surface area contributed by atoms with E-state index in [1.54, 1.807) is 6.92 Å². The van der Waals surface area contributed by atoms with E-state index in [9.17, 15) is 4.79 Å². The van der Waals surface area contributed by atoms with Gasteiger partial charge in [-0.3, -0.25) is 0 Å². The predicted molar refractivity (Wildman–Crippen MR) is 69.1 cm³/mol. The van der Waals surface area contributed by atoms with Crippen molar-refractivity contribution >= 4 is 11.9 Å². The number of carbonyl (C=O) groups excluding carboxylic acids is 1. The molecule has 16 heavy (non-hydrogen) atoms. The number of Topliss-reactive ketones (excluding diaryl/α,β-unsaturated/α-hetero) is 1. The Labute approximate surface area is 98.2 Å². The zero-order valence-electron chi connectivity index (χ0n) is 10.3. The predicted octanol–water partition coefficient (Wildman–Crippen LogP) is 3.95. The molecule has 0 aliphatic rings. The van der Waals surface area contributed by atoms with E-state index < -0.39 is 0 Å². The molecule has 0 aliphatic heterocycles. The minimum atomic E-state index is 0.261. The lowest BCUT2D eigenvalue weighted by Gasteiger charge is -2.14. The van der Waals surface area contributed by atoms with E-state index in [2.05, 4.69) is 38.1 Å². The first kappa shape index (κ1) is 12.7. The Balaban J connectivity index is 2.68. The van der Waals surface area contributed by atoms with Crippen molar-refractivity contribution in [1.29, 1.82) is 0 Å². The molecule has 1 heteroatoms. The Bertz CT molecular complexity index is 349. The summed E-state index contributed by atoms with van der Waals surface area (Å²) in [6.45, 7) is 5.97. The average Bonchev–Trinajstić information content (AvgIpc) is 2.25. The Morgan fingerprint density at radius 1 is 1.25 bits per heavy atom. The Kier molecular flexibility index (Phi) is 4.97. The number of ketones is 1. The summed E-state index contributed by atoms with van der Waals surface area (Å²) in [5.41, 5.74) is 1.19. The topological polar surface area (TPSA) is 17.1 Å². The fourth-order valence-electron chi connectivity index (χ4n) is 1.66. The van der Waals surface area contributed by atoms with Crippen LogP contribution in [0.25, 0.3) is 6.08 Å². The molecular formula is C15H20O. The molecule has 0 saturated carbocycles. The van der Waals surface area contributed by atoms with Crippen LogP contribution in [0.4, 0.5) is 0 Å². The maximum Gasteiger partial charge on any atom is 0.130 e.